The first-order valence-corrected chi connectivity index (χ1v) is 11.9. The molecule has 8 nitrogen and oxygen atoms in total. The Balaban J connectivity index is 0.00000129. The van der Waals surface area contributed by atoms with Gasteiger partial charge in [-0.25, -0.2) is 18.6 Å². The Morgan fingerprint density at radius 3 is 1.96 bits per heavy atom. The van der Waals surface area contributed by atoms with Crippen LogP contribution in [-0.4, -0.2) is 33.1 Å². The average Bonchev–Trinajstić information content (AvgIpc) is 2.53. The van der Waals surface area contributed by atoms with E-state index in [1.54, 1.807) is 38.1 Å². The molecule has 162 valence electrons. The van der Waals surface area contributed by atoms with Crippen LogP contribution in [-0.2, 0) is 13.6 Å². The largest absolute Gasteiger partial charge is 0.391 e. The number of benzene rings is 1. The zero-order chi connectivity index (χ0) is 22.1. The van der Waals surface area contributed by atoms with Crippen LogP contribution in [0.5, 0.6) is 0 Å². The molecule has 0 aliphatic rings. The summed E-state index contributed by atoms with van der Waals surface area (Å²) in [7, 11) is -4.55. The second-order valence-electron chi connectivity index (χ2n) is 5.42. The van der Waals surface area contributed by atoms with E-state index in [1.165, 1.54) is 0 Å². The van der Waals surface area contributed by atoms with Crippen molar-refractivity contribution in [3.05, 3.63) is 39.9 Å². The summed E-state index contributed by atoms with van der Waals surface area (Å²) in [6.07, 6.45) is 1.68. The lowest BCUT2D eigenvalue weighted by atomic mass is 10.2. The first-order valence-electron chi connectivity index (χ1n) is 7.88. The van der Waals surface area contributed by atoms with Crippen molar-refractivity contribution < 1.29 is 47.4 Å². The SMILES string of the molecule is CCOP(=O)(OCC)C(/C=C(\Cl)c1ccc(Cl)c(Cl)c1)[NH+](C)C.[O-][Cl+3]([O-])([O-])[O-]. The molecule has 1 N–H and O–H groups in total. The molecule has 0 saturated heterocycles. The second kappa shape index (κ2) is 12.7. The maximum atomic E-state index is 13.0. The molecule has 0 bridgehead atoms. The normalized spacial score (nSPS) is 13.9. The van der Waals surface area contributed by atoms with Crippen molar-refractivity contribution in [1.82, 2.24) is 0 Å². The third kappa shape index (κ3) is 10.7. The Morgan fingerprint density at radius 1 is 1.14 bits per heavy atom. The highest BCUT2D eigenvalue weighted by molar-refractivity contribution is 7.54. The molecule has 0 aliphatic carbocycles. The van der Waals surface area contributed by atoms with Gasteiger partial charge in [-0.05, 0) is 31.5 Å². The van der Waals surface area contributed by atoms with Gasteiger partial charge in [0.25, 0.3) is 0 Å². The van der Waals surface area contributed by atoms with Crippen molar-refractivity contribution in [3.8, 4) is 0 Å². The van der Waals surface area contributed by atoms with Crippen molar-refractivity contribution in [2.45, 2.75) is 19.6 Å². The summed E-state index contributed by atoms with van der Waals surface area (Å²) < 4.78 is 57.9. The molecule has 1 unspecified atom stereocenters. The Kier molecular flexibility index (Phi) is 12.7. The highest BCUT2D eigenvalue weighted by Gasteiger charge is 2.39. The molecule has 1 rings (SSSR count). The van der Waals surface area contributed by atoms with Crippen LogP contribution in [0.1, 0.15) is 19.4 Å². The number of quaternary nitrogens is 1. The summed E-state index contributed by atoms with van der Waals surface area (Å²) >= 11 is 18.3. The fraction of sp³-hybridized carbons (Fsp3) is 0.467. The van der Waals surface area contributed by atoms with E-state index in [1.807, 2.05) is 14.1 Å². The van der Waals surface area contributed by atoms with E-state index >= 15 is 0 Å². The zero-order valence-corrected chi connectivity index (χ0v) is 19.5. The molecule has 1 atom stereocenters. The van der Waals surface area contributed by atoms with E-state index in [0.29, 0.717) is 33.9 Å². The molecule has 1 aromatic rings. The average molecular weight is 501 g/mol. The third-order valence-corrected chi connectivity index (χ3v) is 6.72. The standard InChI is InChI=1S/C15H21Cl3NO3P.ClHO4/c1-5-21-23(20,22-6-2)15(19(3)4)10-13(17)11-7-8-12(16)14(18)9-11;2-1(3,4)5/h7-10,15H,5-6H2,1-4H3;(H,2,3,4,5)/b13-10-;. The fourth-order valence-electron chi connectivity index (χ4n) is 2.01. The van der Waals surface area contributed by atoms with Gasteiger partial charge in [-0.1, -0.05) is 40.9 Å². The lowest BCUT2D eigenvalue weighted by Crippen LogP contribution is -3.09. The molecular weight excluding hydrogens is 479 g/mol. The molecule has 0 aromatic heterocycles. The molecule has 0 radical (unpaired) electrons. The van der Waals surface area contributed by atoms with E-state index in [9.17, 15) is 4.57 Å². The van der Waals surface area contributed by atoms with Gasteiger partial charge in [0.1, 0.15) is 0 Å². The Morgan fingerprint density at radius 2 is 1.61 bits per heavy atom. The molecular formula is C15H22Cl4NO7P. The van der Waals surface area contributed by atoms with Crippen LogP contribution in [0.3, 0.4) is 0 Å². The van der Waals surface area contributed by atoms with Crippen LogP contribution < -0.4 is 23.5 Å². The van der Waals surface area contributed by atoms with Crippen LogP contribution in [0.2, 0.25) is 10.0 Å². The van der Waals surface area contributed by atoms with Gasteiger partial charge in [0, 0.05) is 6.08 Å². The number of halogens is 4. The number of likely N-dealkylation sites (N-methyl/N-ethyl adjacent to an activating group) is 1. The molecule has 0 fully saturated rings. The van der Waals surface area contributed by atoms with Crippen LogP contribution in [0, 0.1) is 10.2 Å². The third-order valence-electron chi connectivity index (χ3n) is 3.05. The van der Waals surface area contributed by atoms with E-state index < -0.39 is 23.6 Å². The molecule has 0 saturated carbocycles. The number of rotatable bonds is 8. The van der Waals surface area contributed by atoms with E-state index in [-0.39, 0.29) is 0 Å². The number of hydrogen-bond donors (Lipinski definition) is 1. The molecule has 0 amide bonds. The summed E-state index contributed by atoms with van der Waals surface area (Å²) in [5.74, 6) is -0.538. The van der Waals surface area contributed by atoms with Crippen molar-refractivity contribution >= 4 is 47.4 Å². The van der Waals surface area contributed by atoms with Gasteiger partial charge in [-0.2, -0.15) is 0 Å². The summed E-state index contributed by atoms with van der Waals surface area (Å²) in [5, 5.41) is 1.26. The second-order valence-corrected chi connectivity index (χ2v) is 9.55. The molecule has 0 spiro atoms. The van der Waals surface area contributed by atoms with E-state index in [4.69, 9.17) is 62.5 Å². The van der Waals surface area contributed by atoms with E-state index in [0.717, 1.165) is 4.90 Å². The maximum Gasteiger partial charge on any atom is 0.391 e. The number of nitrogens with one attached hydrogen (secondary N) is 1. The molecule has 28 heavy (non-hydrogen) atoms. The minimum Gasteiger partial charge on any atom is -0.324 e. The van der Waals surface area contributed by atoms with Crippen LogP contribution >= 0.6 is 42.4 Å². The Hall–Kier alpha value is 0.0700. The summed E-state index contributed by atoms with van der Waals surface area (Å²) in [6.45, 7) is 4.13. The quantitative estimate of drug-likeness (QED) is 0.478. The van der Waals surface area contributed by atoms with Crippen LogP contribution in [0.4, 0.5) is 0 Å². The maximum absolute atomic E-state index is 13.0. The molecule has 1 aromatic carbocycles. The van der Waals surface area contributed by atoms with Gasteiger partial charge in [0.05, 0.1) is 42.4 Å². The smallest absolute Gasteiger partial charge is 0.324 e. The summed E-state index contributed by atoms with van der Waals surface area (Å²) in [4.78, 5) is 0.883. The topological polar surface area (TPSA) is 132 Å². The lowest BCUT2D eigenvalue weighted by Gasteiger charge is -2.26. The summed E-state index contributed by atoms with van der Waals surface area (Å²) in [5.41, 5.74) is 0.687. The highest BCUT2D eigenvalue weighted by Crippen LogP contribution is 2.52. The van der Waals surface area contributed by atoms with Crippen LogP contribution in [0.15, 0.2) is 24.3 Å². The highest BCUT2D eigenvalue weighted by atomic mass is 35.7. The van der Waals surface area contributed by atoms with Crippen molar-refractivity contribution in [2.75, 3.05) is 27.3 Å². The van der Waals surface area contributed by atoms with Gasteiger partial charge >= 0.3 is 7.60 Å². The first kappa shape index (κ1) is 28.1. The van der Waals surface area contributed by atoms with Gasteiger partial charge in [-0.15, -0.1) is 10.2 Å². The minimum absolute atomic E-state index is 0.291. The Bertz CT molecular complexity index is 681. The zero-order valence-electron chi connectivity index (χ0n) is 15.6. The fourth-order valence-corrected chi connectivity index (χ4v) is 4.72. The summed E-state index contributed by atoms with van der Waals surface area (Å²) in [6, 6.07) is 5.08. The van der Waals surface area contributed by atoms with Crippen LogP contribution in [0.25, 0.3) is 5.03 Å². The molecule has 0 aliphatic heterocycles. The van der Waals surface area contributed by atoms with Crippen molar-refractivity contribution in [1.29, 1.82) is 0 Å². The van der Waals surface area contributed by atoms with Gasteiger partial charge in [0.15, 0.2) is 0 Å². The van der Waals surface area contributed by atoms with Gasteiger partial charge < -0.3 is 13.9 Å². The predicted molar refractivity (Wildman–Crippen MR) is 97.7 cm³/mol. The first-order chi connectivity index (χ1) is 12.7. The van der Waals surface area contributed by atoms with Gasteiger partial charge in [0.2, 0.25) is 5.78 Å². The van der Waals surface area contributed by atoms with Gasteiger partial charge in [-0.3, -0.25) is 4.57 Å². The monoisotopic (exact) mass is 499 g/mol. The number of hydrogen-bond acceptors (Lipinski definition) is 7. The minimum atomic E-state index is -4.94. The van der Waals surface area contributed by atoms with E-state index in [2.05, 4.69) is 0 Å². The van der Waals surface area contributed by atoms with Crippen molar-refractivity contribution in [2.24, 2.45) is 0 Å². The Labute approximate surface area is 181 Å². The molecule has 0 heterocycles. The molecule has 13 heteroatoms. The lowest BCUT2D eigenvalue weighted by molar-refractivity contribution is -2.00. The predicted octanol–water partition coefficient (Wildman–Crippen LogP) is -0.446. The van der Waals surface area contributed by atoms with Crippen molar-refractivity contribution in [3.63, 3.8) is 0 Å².